The fourth-order valence-corrected chi connectivity index (χ4v) is 2.51. The summed E-state index contributed by atoms with van der Waals surface area (Å²) >= 11 is 5.98. The molecule has 1 fully saturated rings. The first-order chi connectivity index (χ1) is 8.24. The van der Waals surface area contributed by atoms with E-state index in [4.69, 9.17) is 16.3 Å². The number of alkyl halides is 1. The zero-order valence-corrected chi connectivity index (χ0v) is 11.1. The van der Waals surface area contributed by atoms with Crippen LogP contribution in [0.2, 0.25) is 0 Å². The van der Waals surface area contributed by atoms with Crippen LogP contribution in [0.3, 0.4) is 0 Å². The Kier molecular flexibility index (Phi) is 4.05. The van der Waals surface area contributed by atoms with Crippen molar-refractivity contribution in [1.82, 2.24) is 9.97 Å². The summed E-state index contributed by atoms with van der Waals surface area (Å²) < 4.78 is 5.45. The number of halogens is 1. The molecule has 5 heteroatoms. The Bertz CT molecular complexity index is 386. The number of hydrogen-bond acceptors (Lipinski definition) is 4. The van der Waals surface area contributed by atoms with Gasteiger partial charge in [0.25, 0.3) is 0 Å². The van der Waals surface area contributed by atoms with Crippen molar-refractivity contribution in [2.24, 2.45) is 0 Å². The van der Waals surface area contributed by atoms with E-state index in [0.29, 0.717) is 24.4 Å². The minimum Gasteiger partial charge on any atom is -0.478 e. The van der Waals surface area contributed by atoms with Crippen molar-refractivity contribution in [1.29, 1.82) is 0 Å². The Hall–Kier alpha value is -1.03. The molecule has 4 nitrogen and oxygen atoms in total. The molecule has 1 saturated heterocycles. The van der Waals surface area contributed by atoms with E-state index in [0.717, 1.165) is 24.6 Å². The lowest BCUT2D eigenvalue weighted by Gasteiger charge is -2.24. The summed E-state index contributed by atoms with van der Waals surface area (Å²) in [5, 5.41) is 0. The second-order valence-corrected chi connectivity index (χ2v) is 4.50. The second kappa shape index (κ2) is 5.54. The summed E-state index contributed by atoms with van der Waals surface area (Å²) in [6.07, 6.45) is 2.31. The van der Waals surface area contributed by atoms with E-state index in [2.05, 4.69) is 14.9 Å². The molecule has 1 atom stereocenters. The van der Waals surface area contributed by atoms with Crippen LogP contribution in [0.25, 0.3) is 0 Å². The Morgan fingerprint density at radius 2 is 2.35 bits per heavy atom. The van der Waals surface area contributed by atoms with E-state index in [1.54, 1.807) is 0 Å². The summed E-state index contributed by atoms with van der Waals surface area (Å²) in [6, 6.07) is 2.29. The Morgan fingerprint density at radius 1 is 1.53 bits per heavy atom. The lowest BCUT2D eigenvalue weighted by Crippen LogP contribution is -2.31. The number of aryl methyl sites for hydroxylation is 1. The van der Waals surface area contributed by atoms with Gasteiger partial charge in [-0.1, -0.05) is 0 Å². The molecule has 0 aliphatic carbocycles. The number of hydrogen-bond donors (Lipinski definition) is 0. The lowest BCUT2D eigenvalue weighted by molar-refractivity contribution is 0.325. The van der Waals surface area contributed by atoms with E-state index >= 15 is 0 Å². The summed E-state index contributed by atoms with van der Waals surface area (Å²) in [6.45, 7) is 5.47. The van der Waals surface area contributed by atoms with Gasteiger partial charge in [-0.05, 0) is 26.7 Å². The molecule has 1 aliphatic rings. The highest BCUT2D eigenvalue weighted by atomic mass is 35.5. The summed E-state index contributed by atoms with van der Waals surface area (Å²) in [5.41, 5.74) is 0. The average Bonchev–Trinajstić information content (AvgIpc) is 2.76. The maximum Gasteiger partial charge on any atom is 0.218 e. The van der Waals surface area contributed by atoms with Gasteiger partial charge in [0.15, 0.2) is 0 Å². The van der Waals surface area contributed by atoms with Gasteiger partial charge < -0.3 is 9.64 Å². The molecule has 0 radical (unpaired) electrons. The topological polar surface area (TPSA) is 38.2 Å². The van der Waals surface area contributed by atoms with Crippen LogP contribution in [0.4, 0.5) is 5.82 Å². The number of aromatic nitrogens is 2. The van der Waals surface area contributed by atoms with Crippen molar-refractivity contribution in [3.63, 3.8) is 0 Å². The monoisotopic (exact) mass is 255 g/mol. The van der Waals surface area contributed by atoms with Crippen LogP contribution in [-0.2, 0) is 0 Å². The highest BCUT2D eigenvalue weighted by Gasteiger charge is 2.25. The van der Waals surface area contributed by atoms with Gasteiger partial charge in [0.1, 0.15) is 11.6 Å². The van der Waals surface area contributed by atoms with E-state index in [9.17, 15) is 0 Å². The molecule has 1 aliphatic heterocycles. The Morgan fingerprint density at radius 3 is 3.06 bits per heavy atom. The van der Waals surface area contributed by atoms with Gasteiger partial charge in [-0.15, -0.1) is 11.6 Å². The fraction of sp³-hybridized carbons (Fsp3) is 0.667. The first-order valence-electron chi connectivity index (χ1n) is 6.05. The molecule has 17 heavy (non-hydrogen) atoms. The minimum absolute atomic E-state index is 0.389. The van der Waals surface area contributed by atoms with Gasteiger partial charge in [0.05, 0.1) is 6.61 Å². The van der Waals surface area contributed by atoms with Crippen LogP contribution >= 0.6 is 11.6 Å². The third-order valence-electron chi connectivity index (χ3n) is 2.94. The molecule has 0 N–H and O–H groups in total. The van der Waals surface area contributed by atoms with Crippen LogP contribution in [0, 0.1) is 6.92 Å². The molecular weight excluding hydrogens is 238 g/mol. The quantitative estimate of drug-likeness (QED) is 0.775. The smallest absolute Gasteiger partial charge is 0.218 e. The molecule has 94 valence electrons. The molecule has 1 unspecified atom stereocenters. The highest BCUT2D eigenvalue weighted by molar-refractivity contribution is 6.18. The van der Waals surface area contributed by atoms with Gasteiger partial charge in [0, 0.05) is 24.5 Å². The van der Waals surface area contributed by atoms with E-state index in [-0.39, 0.29) is 0 Å². The summed E-state index contributed by atoms with van der Waals surface area (Å²) in [4.78, 5) is 11.0. The second-order valence-electron chi connectivity index (χ2n) is 4.19. The normalized spacial score (nSPS) is 19.7. The molecule has 0 aromatic carbocycles. The van der Waals surface area contributed by atoms with Gasteiger partial charge >= 0.3 is 0 Å². The molecule has 2 heterocycles. The average molecular weight is 256 g/mol. The summed E-state index contributed by atoms with van der Waals surface area (Å²) in [7, 11) is 0. The number of nitrogens with zero attached hydrogens (tertiary/aromatic N) is 3. The Balaban J connectivity index is 2.24. The van der Waals surface area contributed by atoms with E-state index in [1.165, 1.54) is 6.42 Å². The van der Waals surface area contributed by atoms with Crippen molar-refractivity contribution in [2.45, 2.75) is 32.7 Å². The van der Waals surface area contributed by atoms with E-state index < -0.39 is 0 Å². The predicted octanol–water partition coefficient (Wildman–Crippen LogP) is 2.39. The van der Waals surface area contributed by atoms with Crippen LogP contribution in [0.1, 0.15) is 25.6 Å². The predicted molar refractivity (Wildman–Crippen MR) is 69.0 cm³/mol. The highest BCUT2D eigenvalue weighted by Crippen LogP contribution is 2.26. The molecule has 1 aromatic rings. The number of ether oxygens (including phenoxy) is 1. The van der Waals surface area contributed by atoms with E-state index in [1.807, 2.05) is 19.9 Å². The van der Waals surface area contributed by atoms with Gasteiger partial charge in [-0.25, -0.2) is 4.98 Å². The van der Waals surface area contributed by atoms with Crippen LogP contribution in [-0.4, -0.2) is 35.0 Å². The third-order valence-corrected chi connectivity index (χ3v) is 3.30. The third kappa shape index (κ3) is 2.80. The molecule has 2 rings (SSSR count). The molecule has 0 spiro atoms. The van der Waals surface area contributed by atoms with Crippen molar-refractivity contribution in [3.05, 3.63) is 11.9 Å². The molecule has 0 amide bonds. The maximum atomic E-state index is 5.98. The summed E-state index contributed by atoms with van der Waals surface area (Å²) in [5.74, 6) is 2.97. The van der Waals surface area contributed by atoms with Gasteiger partial charge in [-0.2, -0.15) is 4.98 Å². The number of anilines is 1. The molecule has 1 aromatic heterocycles. The first kappa shape index (κ1) is 12.4. The molecular formula is C12H18ClN3O. The van der Waals surface area contributed by atoms with Gasteiger partial charge in [0.2, 0.25) is 5.88 Å². The SMILES string of the molecule is CCOc1cc(N2CCCC2CCl)nc(C)n1. The molecule has 0 bridgehead atoms. The van der Waals surface area contributed by atoms with Crippen LogP contribution in [0.15, 0.2) is 6.07 Å². The van der Waals surface area contributed by atoms with Crippen molar-refractivity contribution in [2.75, 3.05) is 23.9 Å². The first-order valence-corrected chi connectivity index (χ1v) is 6.59. The van der Waals surface area contributed by atoms with Crippen LogP contribution < -0.4 is 9.64 Å². The minimum atomic E-state index is 0.389. The number of rotatable bonds is 4. The standard InChI is InChI=1S/C12H18ClN3O/c1-3-17-12-7-11(14-9(2)15-12)16-6-4-5-10(16)8-13/h7,10H,3-6,8H2,1-2H3. The zero-order valence-electron chi connectivity index (χ0n) is 10.3. The zero-order chi connectivity index (χ0) is 12.3. The molecule has 0 saturated carbocycles. The van der Waals surface area contributed by atoms with Crippen molar-refractivity contribution in [3.8, 4) is 5.88 Å². The largest absolute Gasteiger partial charge is 0.478 e. The Labute approximate surface area is 107 Å². The van der Waals surface area contributed by atoms with Crippen LogP contribution in [0.5, 0.6) is 5.88 Å². The maximum absolute atomic E-state index is 5.98. The van der Waals surface area contributed by atoms with Gasteiger partial charge in [-0.3, -0.25) is 0 Å². The fourth-order valence-electron chi connectivity index (χ4n) is 2.19. The van der Waals surface area contributed by atoms with Crippen molar-refractivity contribution >= 4 is 17.4 Å². The lowest BCUT2D eigenvalue weighted by atomic mass is 10.2. The van der Waals surface area contributed by atoms with Crippen molar-refractivity contribution < 1.29 is 4.74 Å².